The minimum atomic E-state index is -3.12. The van der Waals surface area contributed by atoms with Crippen molar-refractivity contribution in [2.45, 2.75) is 12.8 Å². The molecule has 0 bridgehead atoms. The Labute approximate surface area is 256 Å². The van der Waals surface area contributed by atoms with Crippen LogP contribution in [0, 0.1) is 0 Å². The van der Waals surface area contributed by atoms with E-state index in [9.17, 15) is 4.89 Å². The zero-order valence-electron chi connectivity index (χ0n) is 23.6. The van der Waals surface area contributed by atoms with Gasteiger partial charge in [-0.3, -0.25) is 0 Å². The van der Waals surface area contributed by atoms with Crippen molar-refractivity contribution in [2.75, 3.05) is 0 Å². The molecule has 4 heteroatoms. The molecule has 0 amide bonds. The molecule has 0 saturated heterocycles. The fourth-order valence-corrected chi connectivity index (χ4v) is 10.7. The fraction of sp³-hybridized carbons (Fsp3) is 0.0513. The van der Waals surface area contributed by atoms with Crippen molar-refractivity contribution in [3.05, 3.63) is 151 Å². The maximum absolute atomic E-state index is 12.3. The molecule has 0 fully saturated rings. The van der Waals surface area contributed by atoms with Gasteiger partial charge in [-0.2, -0.15) is 0 Å². The number of aromatic nitrogens is 1. The van der Waals surface area contributed by atoms with Crippen LogP contribution in [0.25, 0.3) is 48.6 Å². The first-order valence-electron chi connectivity index (χ1n) is 14.8. The topological polar surface area (TPSA) is 33.1 Å². The van der Waals surface area contributed by atoms with Gasteiger partial charge >= 0.3 is 220 Å². The number of benzene rings is 5. The van der Waals surface area contributed by atoms with Crippen LogP contribution in [-0.4, -0.2) is 9.88 Å². The van der Waals surface area contributed by atoms with Crippen LogP contribution in [-0.2, 0) is 6.42 Å². The summed E-state index contributed by atoms with van der Waals surface area (Å²) in [5.74, 6) is 0. The van der Waals surface area contributed by atoms with E-state index in [0.29, 0.717) is 0 Å². The van der Waals surface area contributed by atoms with Crippen LogP contribution in [0.3, 0.4) is 0 Å². The van der Waals surface area contributed by atoms with E-state index in [1.165, 1.54) is 31.4 Å². The van der Waals surface area contributed by atoms with E-state index in [1.54, 1.807) is 0 Å². The predicted octanol–water partition coefficient (Wildman–Crippen LogP) is 8.68. The molecule has 7 aromatic rings. The number of rotatable bonds is 5. The molecule has 208 valence electrons. The Kier molecular flexibility index (Phi) is 6.53. The van der Waals surface area contributed by atoms with Gasteiger partial charge < -0.3 is 0 Å². The third-order valence-electron chi connectivity index (χ3n) is 8.64. The van der Waals surface area contributed by atoms with E-state index in [2.05, 4.69) is 84.9 Å². The Balaban J connectivity index is 1.18. The van der Waals surface area contributed by atoms with Gasteiger partial charge in [0.25, 0.3) is 0 Å². The fourth-order valence-electron chi connectivity index (χ4n) is 6.43. The van der Waals surface area contributed by atoms with Crippen molar-refractivity contribution in [1.82, 2.24) is 4.98 Å². The molecule has 2 heterocycles. The van der Waals surface area contributed by atoms with Gasteiger partial charge in [0.2, 0.25) is 0 Å². The number of pyridine rings is 1. The van der Waals surface area contributed by atoms with Crippen LogP contribution in [0.2, 0.25) is 0 Å². The number of nitrogens with zero attached hydrogens (tertiary/aromatic N) is 1. The molecule has 1 aliphatic carbocycles. The van der Waals surface area contributed by atoms with Gasteiger partial charge in [-0.25, -0.2) is 0 Å². The SMILES string of the molecule is O[PH](c1ccccc1)(c1ccccc1)c1ccc(-c2ccc(-c3nc4c(c5sc6ccccc6c35)C=CCC4)cc2)cc1. The molecular weight excluding hydrogens is 561 g/mol. The summed E-state index contributed by atoms with van der Waals surface area (Å²) < 4.78 is 2.64. The third kappa shape index (κ3) is 4.44. The average molecular weight is 592 g/mol. The molecule has 43 heavy (non-hydrogen) atoms. The molecule has 0 spiro atoms. The van der Waals surface area contributed by atoms with E-state index in [1.807, 2.05) is 72.0 Å². The van der Waals surface area contributed by atoms with E-state index in [-0.39, 0.29) is 0 Å². The predicted molar refractivity (Wildman–Crippen MR) is 188 cm³/mol. The quantitative estimate of drug-likeness (QED) is 0.203. The zero-order valence-corrected chi connectivity index (χ0v) is 25.4. The van der Waals surface area contributed by atoms with Crippen LogP contribution in [0.5, 0.6) is 0 Å². The van der Waals surface area contributed by atoms with Crippen molar-refractivity contribution in [3.8, 4) is 22.4 Å². The van der Waals surface area contributed by atoms with Gasteiger partial charge in [0.1, 0.15) is 0 Å². The van der Waals surface area contributed by atoms with Crippen LogP contribution in [0.1, 0.15) is 17.7 Å². The molecule has 1 aliphatic rings. The standard InChI is InChI=1S/C39H30NOPS/c41-42(30-11-3-1-4-12-30,31-13-5-2-6-14-31)32-25-23-28(24-26-32)27-19-21-29(22-20-27)38-37-34-16-8-10-18-36(34)43-39(37)33-15-7-9-17-35(33)40-38/h1-8,10-16,18-26,41-42H,9,17H2. The summed E-state index contributed by atoms with van der Waals surface area (Å²) in [6.45, 7) is 0. The van der Waals surface area contributed by atoms with Gasteiger partial charge in [0.05, 0.1) is 0 Å². The van der Waals surface area contributed by atoms with Gasteiger partial charge in [0, 0.05) is 0 Å². The summed E-state index contributed by atoms with van der Waals surface area (Å²) in [4.78, 5) is 17.6. The van der Waals surface area contributed by atoms with Crippen LogP contribution in [0.15, 0.2) is 140 Å². The summed E-state index contributed by atoms with van der Waals surface area (Å²) in [5.41, 5.74) is 6.98. The van der Waals surface area contributed by atoms with E-state index in [0.717, 1.165) is 51.1 Å². The third-order valence-corrected chi connectivity index (χ3v) is 13.4. The number of allylic oxidation sites excluding steroid dienone is 1. The van der Waals surface area contributed by atoms with Gasteiger partial charge in [-0.1, -0.05) is 24.3 Å². The molecule has 0 radical (unpaired) electrons. The second-order valence-corrected chi connectivity index (χ2v) is 15.4. The number of aryl methyl sites for hydroxylation is 1. The summed E-state index contributed by atoms with van der Waals surface area (Å²) in [6, 6.07) is 46.2. The van der Waals surface area contributed by atoms with Crippen molar-refractivity contribution in [2.24, 2.45) is 0 Å². The minimum absolute atomic E-state index is 0.976. The first-order valence-corrected chi connectivity index (χ1v) is 17.5. The summed E-state index contributed by atoms with van der Waals surface area (Å²) in [5, 5.41) is 5.48. The zero-order chi connectivity index (χ0) is 28.8. The summed E-state index contributed by atoms with van der Waals surface area (Å²) >= 11 is 1.88. The Hall–Kier alpha value is -4.40. The second-order valence-electron chi connectivity index (χ2n) is 11.2. The Bertz CT molecular complexity index is 2080. The molecule has 0 unspecified atom stereocenters. The number of fused-ring (bicyclic) bond motifs is 5. The Morgan fingerprint density at radius 3 is 1.84 bits per heavy atom. The second kappa shape index (κ2) is 10.7. The maximum atomic E-state index is 12.3. The van der Waals surface area contributed by atoms with Crippen LogP contribution >= 0.6 is 18.8 Å². The molecule has 5 aromatic carbocycles. The number of hydrogen-bond acceptors (Lipinski definition) is 3. The summed E-state index contributed by atoms with van der Waals surface area (Å²) in [7, 11) is -3.12. The molecule has 8 rings (SSSR count). The first-order chi connectivity index (χ1) is 21.2. The molecule has 0 aliphatic heterocycles. The molecule has 0 atom stereocenters. The average Bonchev–Trinajstić information content (AvgIpc) is 3.49. The molecule has 1 N–H and O–H groups in total. The monoisotopic (exact) mass is 591 g/mol. The molecule has 0 saturated carbocycles. The van der Waals surface area contributed by atoms with Crippen LogP contribution in [0.4, 0.5) is 0 Å². The van der Waals surface area contributed by atoms with Gasteiger partial charge in [0.15, 0.2) is 0 Å². The molecular formula is C39H30NOPS. The summed E-state index contributed by atoms with van der Waals surface area (Å²) in [6.07, 6.45) is 6.56. The molecule has 2 aromatic heterocycles. The Morgan fingerprint density at radius 1 is 0.605 bits per heavy atom. The first kappa shape index (κ1) is 26.2. The number of thiophene rings is 1. The van der Waals surface area contributed by atoms with E-state index >= 15 is 0 Å². The van der Waals surface area contributed by atoms with Crippen molar-refractivity contribution in [3.63, 3.8) is 0 Å². The number of hydrogen-bond donors (Lipinski definition) is 1. The van der Waals surface area contributed by atoms with Crippen molar-refractivity contribution in [1.29, 1.82) is 0 Å². The van der Waals surface area contributed by atoms with Gasteiger partial charge in [-0.05, 0) is 12.5 Å². The van der Waals surface area contributed by atoms with Gasteiger partial charge in [-0.15, -0.1) is 0 Å². The van der Waals surface area contributed by atoms with Crippen molar-refractivity contribution < 1.29 is 4.89 Å². The van der Waals surface area contributed by atoms with E-state index < -0.39 is 7.49 Å². The van der Waals surface area contributed by atoms with Crippen LogP contribution < -0.4 is 15.9 Å². The van der Waals surface area contributed by atoms with Crippen molar-refractivity contribution >= 4 is 61.0 Å². The van der Waals surface area contributed by atoms with E-state index in [4.69, 9.17) is 4.98 Å². The normalized spacial score (nSPS) is 13.3. The Morgan fingerprint density at radius 2 is 1.16 bits per heavy atom. The molecule has 2 nitrogen and oxygen atoms in total.